The van der Waals surface area contributed by atoms with Crippen LogP contribution in [0, 0.1) is 11.8 Å². The Kier molecular flexibility index (Phi) is 9.77. The van der Waals surface area contributed by atoms with Gasteiger partial charge in [-0.1, -0.05) is 12.2 Å². The van der Waals surface area contributed by atoms with Gasteiger partial charge in [0.05, 0.1) is 64.9 Å². The molecule has 6 rings (SSSR count). The Balaban J connectivity index is 0.000000168. The number of hydrogen-bond donors (Lipinski definition) is 0. The van der Waals surface area contributed by atoms with E-state index in [0.29, 0.717) is 62.4 Å². The van der Waals surface area contributed by atoms with E-state index in [1.807, 2.05) is 22.0 Å². The predicted molar refractivity (Wildman–Crippen MR) is 154 cm³/mol. The third-order valence-electron chi connectivity index (χ3n) is 7.35. The third kappa shape index (κ3) is 6.77. The standard InChI is InChI=1S/2C14H16N2O4S/c2*1-19-14(18)11-6-15-12(21-11)9-2-4-16(5-3-9)13(17)10-7-20-8-10/h2*2,6,10H,3-5,7-8H2,1H3. The number of carbonyl (C=O) groups is 4. The van der Waals surface area contributed by atoms with Gasteiger partial charge in [0.1, 0.15) is 19.8 Å². The molecule has 0 bridgehead atoms. The highest BCUT2D eigenvalue weighted by Gasteiger charge is 2.32. The topological polar surface area (TPSA) is 137 Å². The summed E-state index contributed by atoms with van der Waals surface area (Å²) >= 11 is 2.65. The number of esters is 2. The fourth-order valence-electron chi connectivity index (χ4n) is 4.64. The van der Waals surface area contributed by atoms with Crippen LogP contribution in [0.25, 0.3) is 11.1 Å². The van der Waals surface area contributed by atoms with Crippen molar-refractivity contribution >= 4 is 57.6 Å². The summed E-state index contributed by atoms with van der Waals surface area (Å²) < 4.78 is 19.5. The summed E-state index contributed by atoms with van der Waals surface area (Å²) in [6, 6.07) is 0. The highest BCUT2D eigenvalue weighted by atomic mass is 32.1. The van der Waals surface area contributed by atoms with Gasteiger partial charge < -0.3 is 28.7 Å². The fraction of sp³-hybridized carbons (Fsp3) is 0.500. The van der Waals surface area contributed by atoms with Crippen LogP contribution in [0.3, 0.4) is 0 Å². The van der Waals surface area contributed by atoms with Crippen molar-refractivity contribution in [2.24, 2.45) is 11.8 Å². The molecule has 42 heavy (non-hydrogen) atoms. The number of carbonyl (C=O) groups excluding carboxylic acids is 4. The van der Waals surface area contributed by atoms with Gasteiger partial charge in [-0.2, -0.15) is 0 Å². The normalized spacial score (nSPS) is 18.9. The second-order valence-corrected chi connectivity index (χ2v) is 12.1. The summed E-state index contributed by atoms with van der Waals surface area (Å²) in [4.78, 5) is 60.3. The minimum Gasteiger partial charge on any atom is -0.465 e. The van der Waals surface area contributed by atoms with Crippen LogP contribution in [0.1, 0.15) is 42.2 Å². The Morgan fingerprint density at radius 3 is 1.43 bits per heavy atom. The first kappa shape index (κ1) is 30.0. The Bertz CT molecular complexity index is 1290. The van der Waals surface area contributed by atoms with E-state index in [1.54, 1.807) is 0 Å². The van der Waals surface area contributed by atoms with Crippen molar-refractivity contribution < 1.29 is 38.1 Å². The zero-order valence-corrected chi connectivity index (χ0v) is 25.0. The van der Waals surface area contributed by atoms with E-state index in [9.17, 15) is 19.2 Å². The third-order valence-corrected chi connectivity index (χ3v) is 9.46. The Morgan fingerprint density at radius 1 is 0.738 bits per heavy atom. The van der Waals surface area contributed by atoms with Gasteiger partial charge in [0.2, 0.25) is 11.8 Å². The zero-order chi connectivity index (χ0) is 29.6. The smallest absolute Gasteiger partial charge is 0.349 e. The molecular formula is C28H32N4O8S2. The fourth-order valence-corrected chi connectivity index (χ4v) is 6.44. The molecule has 0 radical (unpaired) electrons. The molecule has 0 atom stereocenters. The first-order chi connectivity index (χ1) is 20.4. The SMILES string of the molecule is COC(=O)c1cnc(C2=CCN(C(=O)C3COC3)CC2)s1.COC(=O)c1cnc(C2=CCN(C(=O)C3COC3)CC2)s1. The van der Waals surface area contributed by atoms with Crippen LogP contribution in [-0.2, 0) is 28.5 Å². The molecule has 6 heterocycles. The number of hydrogen-bond acceptors (Lipinski definition) is 12. The summed E-state index contributed by atoms with van der Waals surface area (Å²) in [5.41, 5.74) is 2.17. The summed E-state index contributed by atoms with van der Waals surface area (Å²) in [6.07, 6.45) is 8.62. The number of amides is 2. The van der Waals surface area contributed by atoms with Crippen LogP contribution in [0.15, 0.2) is 24.5 Å². The van der Waals surface area contributed by atoms with Crippen LogP contribution < -0.4 is 0 Å². The van der Waals surface area contributed by atoms with E-state index in [-0.39, 0.29) is 35.6 Å². The van der Waals surface area contributed by atoms with Gasteiger partial charge in [-0.05, 0) is 24.0 Å². The number of methoxy groups -OCH3 is 2. The lowest BCUT2D eigenvalue weighted by molar-refractivity contribution is -0.150. The molecule has 2 aromatic heterocycles. The quantitative estimate of drug-likeness (QED) is 0.445. The second kappa shape index (κ2) is 13.7. The van der Waals surface area contributed by atoms with Gasteiger partial charge in [-0.3, -0.25) is 9.59 Å². The minimum absolute atomic E-state index is 0.0331. The maximum atomic E-state index is 12.1. The van der Waals surface area contributed by atoms with Crippen molar-refractivity contribution in [3.63, 3.8) is 0 Å². The van der Waals surface area contributed by atoms with E-state index in [4.69, 9.17) is 9.47 Å². The van der Waals surface area contributed by atoms with E-state index in [2.05, 4.69) is 19.4 Å². The van der Waals surface area contributed by atoms with E-state index < -0.39 is 0 Å². The lowest BCUT2D eigenvalue weighted by atomic mass is 10.0. The Labute approximate surface area is 250 Å². The molecular weight excluding hydrogens is 584 g/mol. The number of nitrogens with zero attached hydrogens (tertiary/aromatic N) is 4. The highest BCUT2D eigenvalue weighted by Crippen LogP contribution is 2.29. The molecule has 2 aromatic rings. The van der Waals surface area contributed by atoms with Crippen molar-refractivity contribution in [1.82, 2.24) is 19.8 Å². The molecule has 2 amide bonds. The number of thiazole rings is 2. The van der Waals surface area contributed by atoms with E-state index in [0.717, 1.165) is 34.0 Å². The summed E-state index contributed by atoms with van der Waals surface area (Å²) in [5.74, 6) is -0.317. The molecule has 12 nitrogen and oxygen atoms in total. The molecule has 4 aliphatic heterocycles. The van der Waals surface area contributed by atoms with Crippen LogP contribution in [0.2, 0.25) is 0 Å². The average Bonchev–Trinajstić information content (AvgIpc) is 3.66. The van der Waals surface area contributed by atoms with E-state index >= 15 is 0 Å². The molecule has 0 aromatic carbocycles. The molecule has 0 spiro atoms. The summed E-state index contributed by atoms with van der Waals surface area (Å²) in [6.45, 7) is 4.74. The second-order valence-electron chi connectivity index (χ2n) is 10.0. The molecule has 0 aliphatic carbocycles. The summed E-state index contributed by atoms with van der Waals surface area (Å²) in [7, 11) is 2.71. The largest absolute Gasteiger partial charge is 0.465 e. The van der Waals surface area contributed by atoms with Crippen molar-refractivity contribution in [3.05, 3.63) is 44.3 Å². The van der Waals surface area contributed by atoms with Crippen LogP contribution in [-0.4, -0.2) is 110 Å². The van der Waals surface area contributed by atoms with Crippen molar-refractivity contribution in [2.75, 3.05) is 66.8 Å². The number of rotatable bonds is 6. The van der Waals surface area contributed by atoms with Crippen molar-refractivity contribution in [3.8, 4) is 0 Å². The van der Waals surface area contributed by atoms with Gasteiger partial charge >= 0.3 is 11.9 Å². The lowest BCUT2D eigenvalue weighted by Gasteiger charge is -2.33. The summed E-state index contributed by atoms with van der Waals surface area (Å²) in [5, 5.41) is 1.66. The van der Waals surface area contributed by atoms with Gasteiger partial charge in [-0.25, -0.2) is 19.6 Å². The van der Waals surface area contributed by atoms with Crippen molar-refractivity contribution in [2.45, 2.75) is 12.8 Å². The van der Waals surface area contributed by atoms with Gasteiger partial charge in [0, 0.05) is 26.2 Å². The van der Waals surface area contributed by atoms with E-state index in [1.165, 1.54) is 49.3 Å². The molecule has 224 valence electrons. The average molecular weight is 617 g/mol. The first-order valence-electron chi connectivity index (χ1n) is 13.6. The van der Waals surface area contributed by atoms with Gasteiger partial charge in [0.15, 0.2) is 0 Å². The molecule has 4 aliphatic rings. The minimum atomic E-state index is -0.364. The van der Waals surface area contributed by atoms with Crippen LogP contribution in [0.4, 0.5) is 0 Å². The molecule has 0 unspecified atom stereocenters. The highest BCUT2D eigenvalue weighted by molar-refractivity contribution is 7.15. The first-order valence-corrected chi connectivity index (χ1v) is 15.2. The maximum absolute atomic E-state index is 12.1. The molecule has 0 N–H and O–H groups in total. The Morgan fingerprint density at radius 2 is 1.14 bits per heavy atom. The predicted octanol–water partition coefficient (Wildman–Crippen LogP) is 2.38. The van der Waals surface area contributed by atoms with Crippen LogP contribution in [0.5, 0.6) is 0 Å². The molecule has 2 saturated heterocycles. The molecule has 0 saturated carbocycles. The van der Waals surface area contributed by atoms with Crippen molar-refractivity contribution in [1.29, 1.82) is 0 Å². The Hall–Kier alpha value is -3.46. The zero-order valence-electron chi connectivity index (χ0n) is 23.4. The monoisotopic (exact) mass is 616 g/mol. The number of aromatic nitrogens is 2. The lowest BCUT2D eigenvalue weighted by Crippen LogP contribution is -2.46. The van der Waals surface area contributed by atoms with Gasteiger partial charge in [0.25, 0.3) is 0 Å². The number of ether oxygens (including phenoxy) is 4. The maximum Gasteiger partial charge on any atom is 0.349 e. The molecule has 14 heteroatoms. The molecule has 2 fully saturated rings. The van der Waals surface area contributed by atoms with Gasteiger partial charge in [-0.15, -0.1) is 22.7 Å². The van der Waals surface area contributed by atoms with Crippen LogP contribution >= 0.6 is 22.7 Å².